The van der Waals surface area contributed by atoms with Crippen molar-refractivity contribution in [3.8, 4) is 17.5 Å². The Morgan fingerprint density at radius 3 is 2.62 bits per heavy atom. The number of halogens is 3. The van der Waals surface area contributed by atoms with Crippen molar-refractivity contribution < 1.29 is 17.7 Å². The van der Waals surface area contributed by atoms with Gasteiger partial charge in [0.1, 0.15) is 0 Å². The van der Waals surface area contributed by atoms with Crippen LogP contribution in [0.2, 0.25) is 0 Å². The zero-order chi connectivity index (χ0) is 17.2. The van der Waals surface area contributed by atoms with E-state index in [9.17, 15) is 13.2 Å². The lowest BCUT2D eigenvalue weighted by molar-refractivity contribution is -0.137. The largest absolute Gasteiger partial charge is 0.416 e. The van der Waals surface area contributed by atoms with Crippen molar-refractivity contribution in [2.75, 3.05) is 0 Å². The molecular weight excluding hydrogens is 319 g/mol. The van der Waals surface area contributed by atoms with Crippen LogP contribution in [-0.2, 0) is 12.6 Å². The monoisotopic (exact) mass is 329 g/mol. The van der Waals surface area contributed by atoms with Gasteiger partial charge in [-0.25, -0.2) is 0 Å². The summed E-state index contributed by atoms with van der Waals surface area (Å²) in [7, 11) is 0. The Kier molecular flexibility index (Phi) is 4.04. The number of nitrogens with zero attached hydrogens (tertiary/aromatic N) is 3. The minimum absolute atomic E-state index is 0.116. The van der Waals surface area contributed by atoms with Crippen molar-refractivity contribution in [1.82, 2.24) is 10.1 Å². The second-order valence-corrected chi connectivity index (χ2v) is 5.08. The molecule has 4 nitrogen and oxygen atoms in total. The van der Waals surface area contributed by atoms with E-state index in [1.54, 1.807) is 30.3 Å². The molecule has 0 saturated heterocycles. The fourth-order valence-corrected chi connectivity index (χ4v) is 2.20. The maximum absolute atomic E-state index is 12.7. The van der Waals surface area contributed by atoms with Crippen molar-refractivity contribution >= 4 is 0 Å². The molecule has 0 fully saturated rings. The van der Waals surface area contributed by atoms with E-state index in [1.807, 2.05) is 6.07 Å². The van der Waals surface area contributed by atoms with E-state index in [0.717, 1.165) is 12.1 Å². The van der Waals surface area contributed by atoms with Crippen molar-refractivity contribution in [3.63, 3.8) is 0 Å². The molecule has 0 atom stereocenters. The highest BCUT2D eigenvalue weighted by molar-refractivity contribution is 5.56. The first-order chi connectivity index (χ1) is 11.5. The smallest absolute Gasteiger partial charge is 0.334 e. The molecule has 1 aromatic heterocycles. The summed E-state index contributed by atoms with van der Waals surface area (Å²) in [5, 5.41) is 12.7. The zero-order valence-corrected chi connectivity index (χ0v) is 12.2. The Bertz CT molecular complexity index is 910. The summed E-state index contributed by atoms with van der Waals surface area (Å²) in [5.41, 5.74) is 0.746. The van der Waals surface area contributed by atoms with Crippen molar-refractivity contribution in [2.45, 2.75) is 12.6 Å². The van der Waals surface area contributed by atoms with E-state index in [0.29, 0.717) is 16.7 Å². The minimum atomic E-state index is -4.39. The van der Waals surface area contributed by atoms with E-state index < -0.39 is 11.7 Å². The third-order valence-electron chi connectivity index (χ3n) is 3.32. The van der Waals surface area contributed by atoms with Crippen LogP contribution in [0.3, 0.4) is 0 Å². The average Bonchev–Trinajstić information content (AvgIpc) is 3.03. The normalized spacial score (nSPS) is 11.2. The first-order valence-electron chi connectivity index (χ1n) is 6.95. The van der Waals surface area contributed by atoms with E-state index in [2.05, 4.69) is 10.1 Å². The molecule has 3 aromatic rings. The summed E-state index contributed by atoms with van der Waals surface area (Å²) < 4.78 is 43.3. The van der Waals surface area contributed by atoms with Crippen molar-refractivity contribution in [1.29, 1.82) is 5.26 Å². The molecule has 120 valence electrons. The molecule has 0 aliphatic rings. The quantitative estimate of drug-likeness (QED) is 0.722. The van der Waals surface area contributed by atoms with Gasteiger partial charge in [0.2, 0.25) is 0 Å². The third kappa shape index (κ3) is 3.43. The van der Waals surface area contributed by atoms with Gasteiger partial charge in [-0.3, -0.25) is 0 Å². The summed E-state index contributed by atoms with van der Waals surface area (Å²) in [6.45, 7) is 0. The Balaban J connectivity index is 1.83. The molecule has 0 aliphatic carbocycles. The lowest BCUT2D eigenvalue weighted by Gasteiger charge is -2.07. The molecule has 0 radical (unpaired) electrons. The van der Waals surface area contributed by atoms with E-state index in [4.69, 9.17) is 9.78 Å². The zero-order valence-electron chi connectivity index (χ0n) is 12.2. The molecule has 24 heavy (non-hydrogen) atoms. The van der Waals surface area contributed by atoms with Gasteiger partial charge in [0.05, 0.1) is 17.2 Å². The van der Waals surface area contributed by atoms with Gasteiger partial charge < -0.3 is 4.52 Å². The van der Waals surface area contributed by atoms with Crippen LogP contribution in [0.5, 0.6) is 0 Å². The van der Waals surface area contributed by atoms with Crippen LogP contribution in [0.25, 0.3) is 11.5 Å². The molecule has 2 aromatic carbocycles. The predicted molar refractivity (Wildman–Crippen MR) is 78.7 cm³/mol. The van der Waals surface area contributed by atoms with Gasteiger partial charge >= 0.3 is 6.18 Å². The summed E-state index contributed by atoms with van der Waals surface area (Å²) >= 11 is 0. The molecule has 0 bridgehead atoms. The summed E-state index contributed by atoms with van der Waals surface area (Å²) in [5.74, 6) is 0.487. The number of benzene rings is 2. The lowest BCUT2D eigenvalue weighted by Crippen LogP contribution is -2.05. The molecule has 3 rings (SSSR count). The maximum atomic E-state index is 12.7. The second-order valence-electron chi connectivity index (χ2n) is 5.08. The molecular formula is C17H10F3N3O. The fourth-order valence-electron chi connectivity index (χ4n) is 2.20. The minimum Gasteiger partial charge on any atom is -0.334 e. The highest BCUT2D eigenvalue weighted by Gasteiger charge is 2.30. The molecule has 0 N–H and O–H groups in total. The Morgan fingerprint density at radius 1 is 1.08 bits per heavy atom. The van der Waals surface area contributed by atoms with Crippen molar-refractivity contribution in [2.24, 2.45) is 0 Å². The molecule has 0 unspecified atom stereocenters. The molecule has 0 amide bonds. The van der Waals surface area contributed by atoms with Crippen LogP contribution in [0.1, 0.15) is 22.5 Å². The molecule has 0 saturated carbocycles. The van der Waals surface area contributed by atoms with Crippen LogP contribution in [-0.4, -0.2) is 10.1 Å². The number of hydrogen-bond donors (Lipinski definition) is 0. The summed E-state index contributed by atoms with van der Waals surface area (Å²) in [4.78, 5) is 4.17. The van der Waals surface area contributed by atoms with Gasteiger partial charge in [0, 0.05) is 12.0 Å². The van der Waals surface area contributed by atoms with E-state index >= 15 is 0 Å². The summed E-state index contributed by atoms with van der Waals surface area (Å²) in [6, 6.07) is 13.6. The van der Waals surface area contributed by atoms with Crippen molar-refractivity contribution in [3.05, 3.63) is 71.0 Å². The van der Waals surface area contributed by atoms with Gasteiger partial charge in [-0.1, -0.05) is 29.4 Å². The Hall–Kier alpha value is -3.14. The average molecular weight is 329 g/mol. The van der Waals surface area contributed by atoms with E-state index in [1.165, 1.54) is 6.07 Å². The van der Waals surface area contributed by atoms with Gasteiger partial charge in [0.15, 0.2) is 5.82 Å². The van der Waals surface area contributed by atoms with E-state index in [-0.39, 0.29) is 18.1 Å². The van der Waals surface area contributed by atoms with Crippen LogP contribution in [0.4, 0.5) is 13.2 Å². The first-order valence-corrected chi connectivity index (χ1v) is 6.95. The Labute approximate surface area is 135 Å². The standard InChI is InChI=1S/C17H10F3N3O/c18-17(19,20)14-6-2-3-11(8-14)9-15-22-16(24-23-15)13-5-1-4-12(7-13)10-21/h1-8H,9H2. The maximum Gasteiger partial charge on any atom is 0.416 e. The number of aromatic nitrogens is 2. The fraction of sp³-hybridized carbons (Fsp3) is 0.118. The number of rotatable bonds is 3. The molecule has 0 aliphatic heterocycles. The van der Waals surface area contributed by atoms with Crippen LogP contribution in [0, 0.1) is 11.3 Å². The summed E-state index contributed by atoms with van der Waals surface area (Å²) in [6.07, 6.45) is -4.28. The highest BCUT2D eigenvalue weighted by Crippen LogP contribution is 2.30. The second kappa shape index (κ2) is 6.16. The topological polar surface area (TPSA) is 62.7 Å². The third-order valence-corrected chi connectivity index (χ3v) is 3.32. The van der Waals surface area contributed by atoms with Gasteiger partial charge in [0.25, 0.3) is 5.89 Å². The number of hydrogen-bond acceptors (Lipinski definition) is 4. The molecule has 7 heteroatoms. The highest BCUT2D eigenvalue weighted by atomic mass is 19.4. The van der Waals surface area contributed by atoms with Crippen LogP contribution in [0.15, 0.2) is 53.1 Å². The number of alkyl halides is 3. The first kappa shape index (κ1) is 15.7. The van der Waals surface area contributed by atoms with Gasteiger partial charge in [-0.2, -0.15) is 23.4 Å². The van der Waals surface area contributed by atoms with Crippen LogP contribution < -0.4 is 0 Å². The lowest BCUT2D eigenvalue weighted by atomic mass is 10.1. The SMILES string of the molecule is N#Cc1cccc(-c2nc(Cc3cccc(C(F)(F)F)c3)no2)c1. The number of nitriles is 1. The van der Waals surface area contributed by atoms with Gasteiger partial charge in [-0.15, -0.1) is 0 Å². The molecule has 0 spiro atoms. The Morgan fingerprint density at radius 2 is 1.88 bits per heavy atom. The predicted octanol–water partition coefficient (Wildman–Crippen LogP) is 4.22. The van der Waals surface area contributed by atoms with Gasteiger partial charge in [-0.05, 0) is 29.8 Å². The van der Waals surface area contributed by atoms with Crippen LogP contribution >= 0.6 is 0 Å². The molecule has 1 heterocycles.